The maximum atomic E-state index is 13.1. The van der Waals surface area contributed by atoms with Crippen LogP contribution in [-0.4, -0.2) is 30.1 Å². The summed E-state index contributed by atoms with van der Waals surface area (Å²) in [6.45, 7) is 1.86. The number of hydrogen-bond acceptors (Lipinski definition) is 4. The molecule has 1 aromatic heterocycles. The maximum Gasteiger partial charge on any atom is 0.417 e. The third-order valence-corrected chi connectivity index (χ3v) is 5.71. The fourth-order valence-electron chi connectivity index (χ4n) is 2.74. The average Bonchev–Trinajstić information content (AvgIpc) is 3.10. The van der Waals surface area contributed by atoms with E-state index in [1.807, 2.05) is 31.2 Å². The van der Waals surface area contributed by atoms with Crippen molar-refractivity contribution in [3.8, 4) is 0 Å². The van der Waals surface area contributed by atoms with Gasteiger partial charge < -0.3 is 0 Å². The van der Waals surface area contributed by atoms with E-state index in [1.165, 1.54) is 6.07 Å². The molecule has 3 rings (SSSR count). The highest BCUT2D eigenvalue weighted by atomic mass is 32.2. The summed E-state index contributed by atoms with van der Waals surface area (Å²) < 4.78 is 65.9. The lowest BCUT2D eigenvalue weighted by Gasteiger charge is -2.13. The molecular formula is C19H19F3N4O2S. The standard InChI is InChI=1S/C19H19F3N4O2S/c1-13-6-8-14(9-7-13)12-18-24-17(25-26-18)10-11-23-29(27,28)16-5-3-2-4-15(16)19(20,21)22/h2-9,23H,10-12H2,1H3,(H,24,25,26). The van der Waals surface area contributed by atoms with Gasteiger partial charge in [-0.05, 0) is 24.6 Å². The van der Waals surface area contributed by atoms with Crippen LogP contribution in [0.2, 0.25) is 0 Å². The van der Waals surface area contributed by atoms with Crippen molar-refractivity contribution in [3.05, 3.63) is 76.9 Å². The number of aryl methyl sites for hydroxylation is 1. The summed E-state index contributed by atoms with van der Waals surface area (Å²) in [5, 5.41) is 6.82. The van der Waals surface area contributed by atoms with Crippen LogP contribution in [-0.2, 0) is 29.0 Å². The molecule has 0 unspecified atom stereocenters. The van der Waals surface area contributed by atoms with Gasteiger partial charge in [0.05, 0.1) is 10.5 Å². The molecular weight excluding hydrogens is 405 g/mol. The number of alkyl halides is 3. The molecule has 0 aliphatic heterocycles. The molecule has 29 heavy (non-hydrogen) atoms. The molecule has 2 N–H and O–H groups in total. The van der Waals surface area contributed by atoms with E-state index in [9.17, 15) is 21.6 Å². The first-order valence-electron chi connectivity index (χ1n) is 8.77. The highest BCUT2D eigenvalue weighted by Gasteiger charge is 2.36. The number of H-pyrrole nitrogens is 1. The highest BCUT2D eigenvalue weighted by Crippen LogP contribution is 2.33. The molecule has 1 heterocycles. The minimum absolute atomic E-state index is 0.129. The third-order valence-electron chi connectivity index (χ3n) is 4.19. The molecule has 0 bridgehead atoms. The Balaban J connectivity index is 1.62. The Bertz CT molecular complexity index is 1080. The monoisotopic (exact) mass is 424 g/mol. The summed E-state index contributed by atoms with van der Waals surface area (Å²) in [6, 6.07) is 12.0. The number of benzene rings is 2. The molecule has 10 heteroatoms. The molecule has 6 nitrogen and oxygen atoms in total. The van der Waals surface area contributed by atoms with Gasteiger partial charge in [0, 0.05) is 19.4 Å². The van der Waals surface area contributed by atoms with Crippen LogP contribution in [0.25, 0.3) is 0 Å². The van der Waals surface area contributed by atoms with Gasteiger partial charge in [0.1, 0.15) is 5.82 Å². The highest BCUT2D eigenvalue weighted by molar-refractivity contribution is 7.89. The van der Waals surface area contributed by atoms with Gasteiger partial charge >= 0.3 is 6.18 Å². The number of rotatable bonds is 7. The zero-order valence-corrected chi connectivity index (χ0v) is 16.3. The normalized spacial score (nSPS) is 12.3. The maximum absolute atomic E-state index is 13.1. The van der Waals surface area contributed by atoms with Crippen LogP contribution in [0.3, 0.4) is 0 Å². The molecule has 0 atom stereocenters. The SMILES string of the molecule is Cc1ccc(Cc2nc(CCNS(=O)(=O)c3ccccc3C(F)(F)F)n[nH]2)cc1. The minimum Gasteiger partial charge on any atom is -0.263 e. The van der Waals surface area contributed by atoms with Crippen LogP contribution in [0.4, 0.5) is 13.2 Å². The van der Waals surface area contributed by atoms with Crippen LogP contribution in [0.15, 0.2) is 53.4 Å². The van der Waals surface area contributed by atoms with Gasteiger partial charge in [-0.1, -0.05) is 42.0 Å². The molecule has 3 aromatic rings. The number of hydrogen-bond donors (Lipinski definition) is 2. The Morgan fingerprint density at radius 1 is 1.07 bits per heavy atom. The van der Waals surface area contributed by atoms with E-state index >= 15 is 0 Å². The first kappa shape index (κ1) is 21.0. The molecule has 2 aromatic carbocycles. The largest absolute Gasteiger partial charge is 0.417 e. The van der Waals surface area contributed by atoms with Gasteiger partial charge in [0.2, 0.25) is 10.0 Å². The summed E-state index contributed by atoms with van der Waals surface area (Å²) in [5.41, 5.74) is 0.986. The Hall–Kier alpha value is -2.72. The number of halogens is 3. The van der Waals surface area contributed by atoms with Gasteiger partial charge in [-0.15, -0.1) is 0 Å². The van der Waals surface area contributed by atoms with E-state index in [4.69, 9.17) is 0 Å². The van der Waals surface area contributed by atoms with Crippen molar-refractivity contribution >= 4 is 10.0 Å². The van der Waals surface area contributed by atoms with E-state index in [2.05, 4.69) is 19.9 Å². The number of aromatic amines is 1. The lowest BCUT2D eigenvalue weighted by atomic mass is 10.1. The Kier molecular flexibility index (Phi) is 6.04. The molecule has 0 aliphatic rings. The van der Waals surface area contributed by atoms with Crippen molar-refractivity contribution in [2.24, 2.45) is 0 Å². The molecule has 0 amide bonds. The average molecular weight is 424 g/mol. The second-order valence-corrected chi connectivity index (χ2v) is 8.24. The molecule has 0 fully saturated rings. The van der Waals surface area contributed by atoms with Gasteiger partial charge in [-0.25, -0.2) is 18.1 Å². The van der Waals surface area contributed by atoms with E-state index in [0.29, 0.717) is 18.1 Å². The zero-order chi connectivity index (χ0) is 21.1. The van der Waals surface area contributed by atoms with Gasteiger partial charge in [-0.3, -0.25) is 5.10 Å². The quantitative estimate of drug-likeness (QED) is 0.610. The number of aromatic nitrogens is 3. The zero-order valence-electron chi connectivity index (χ0n) is 15.5. The van der Waals surface area contributed by atoms with Crippen LogP contribution in [0, 0.1) is 6.92 Å². The molecule has 0 saturated heterocycles. The lowest BCUT2D eigenvalue weighted by Crippen LogP contribution is -2.28. The first-order chi connectivity index (χ1) is 13.6. The summed E-state index contributed by atoms with van der Waals surface area (Å²) >= 11 is 0. The fraction of sp³-hybridized carbons (Fsp3) is 0.263. The van der Waals surface area contributed by atoms with Crippen LogP contribution < -0.4 is 4.72 Å². The van der Waals surface area contributed by atoms with E-state index in [0.717, 1.165) is 29.3 Å². The molecule has 0 radical (unpaired) electrons. The number of sulfonamides is 1. The molecule has 0 aliphatic carbocycles. The van der Waals surface area contributed by atoms with Crippen LogP contribution in [0.1, 0.15) is 28.3 Å². The van der Waals surface area contributed by atoms with Crippen molar-refractivity contribution in [2.45, 2.75) is 30.8 Å². The summed E-state index contributed by atoms with van der Waals surface area (Å²) in [5.74, 6) is 0.994. The van der Waals surface area contributed by atoms with Gasteiger partial charge in [-0.2, -0.15) is 18.3 Å². The molecule has 0 spiro atoms. The van der Waals surface area contributed by atoms with Crippen molar-refractivity contribution in [1.29, 1.82) is 0 Å². The van der Waals surface area contributed by atoms with Gasteiger partial charge in [0.15, 0.2) is 5.82 Å². The predicted octanol–water partition coefficient (Wildman–Crippen LogP) is 3.24. The Labute approximate surface area is 166 Å². The number of nitrogens with zero attached hydrogens (tertiary/aromatic N) is 2. The van der Waals surface area contributed by atoms with E-state index in [-0.39, 0.29) is 13.0 Å². The third kappa shape index (κ3) is 5.42. The predicted molar refractivity (Wildman–Crippen MR) is 101 cm³/mol. The lowest BCUT2D eigenvalue weighted by molar-refractivity contribution is -0.139. The Morgan fingerprint density at radius 3 is 2.45 bits per heavy atom. The topological polar surface area (TPSA) is 87.7 Å². The molecule has 154 valence electrons. The second-order valence-electron chi connectivity index (χ2n) is 6.50. The van der Waals surface area contributed by atoms with Crippen molar-refractivity contribution in [3.63, 3.8) is 0 Å². The smallest absolute Gasteiger partial charge is 0.263 e. The minimum atomic E-state index is -4.76. The van der Waals surface area contributed by atoms with E-state index < -0.39 is 26.7 Å². The van der Waals surface area contributed by atoms with Crippen molar-refractivity contribution in [1.82, 2.24) is 19.9 Å². The first-order valence-corrected chi connectivity index (χ1v) is 10.2. The molecule has 0 saturated carbocycles. The van der Waals surface area contributed by atoms with Crippen molar-refractivity contribution < 1.29 is 21.6 Å². The van der Waals surface area contributed by atoms with E-state index in [1.54, 1.807) is 0 Å². The number of nitrogens with one attached hydrogen (secondary N) is 2. The van der Waals surface area contributed by atoms with Crippen molar-refractivity contribution in [2.75, 3.05) is 6.54 Å². The van der Waals surface area contributed by atoms with Crippen LogP contribution in [0.5, 0.6) is 0 Å². The van der Waals surface area contributed by atoms with Gasteiger partial charge in [0.25, 0.3) is 0 Å². The second kappa shape index (κ2) is 8.34. The Morgan fingerprint density at radius 2 is 1.76 bits per heavy atom. The van der Waals surface area contributed by atoms with Crippen LogP contribution >= 0.6 is 0 Å². The summed E-state index contributed by atoms with van der Waals surface area (Å²) in [6.07, 6.45) is -4.09. The summed E-state index contributed by atoms with van der Waals surface area (Å²) in [4.78, 5) is 3.49. The summed E-state index contributed by atoms with van der Waals surface area (Å²) in [7, 11) is -4.33. The fourth-order valence-corrected chi connectivity index (χ4v) is 3.99.